The Bertz CT molecular complexity index is 1300. The second-order valence-corrected chi connectivity index (χ2v) is 12.2. The maximum Gasteiger partial charge on any atom is 0.416 e. The first kappa shape index (κ1) is 29.9. The van der Waals surface area contributed by atoms with Crippen molar-refractivity contribution in [2.45, 2.75) is 88.2 Å². The zero-order valence-electron chi connectivity index (χ0n) is 22.9. The lowest BCUT2D eigenvalue weighted by molar-refractivity contribution is -0.143. The van der Waals surface area contributed by atoms with Crippen LogP contribution in [0.15, 0.2) is 18.2 Å². The van der Waals surface area contributed by atoms with Crippen LogP contribution in [-0.2, 0) is 26.7 Å². The van der Waals surface area contributed by atoms with E-state index in [-0.39, 0.29) is 37.5 Å². The summed E-state index contributed by atoms with van der Waals surface area (Å²) in [6, 6.07) is -0.526. The second kappa shape index (κ2) is 10.0. The number of nitrogens with one attached hydrogen (secondary N) is 1. The lowest BCUT2D eigenvalue weighted by Crippen LogP contribution is -2.59. The summed E-state index contributed by atoms with van der Waals surface area (Å²) >= 11 is 0. The maximum atomic E-state index is 13.6. The number of nitriles is 1. The quantitative estimate of drug-likeness (QED) is 0.513. The second-order valence-electron chi connectivity index (χ2n) is 12.2. The number of fused-ring (bicyclic) bond motifs is 3. The summed E-state index contributed by atoms with van der Waals surface area (Å²) in [6.07, 6.45) is -9.66. The van der Waals surface area contributed by atoms with Gasteiger partial charge in [0.2, 0.25) is 11.8 Å². The Balaban J connectivity index is 1.37. The number of likely N-dealkylation sites (tertiary alicyclic amines) is 2. The largest absolute Gasteiger partial charge is 0.444 e. The molecule has 0 unspecified atom stereocenters. The van der Waals surface area contributed by atoms with Gasteiger partial charge in [0.15, 0.2) is 0 Å². The van der Waals surface area contributed by atoms with Gasteiger partial charge >= 0.3 is 18.4 Å². The summed E-state index contributed by atoms with van der Waals surface area (Å²) in [5.41, 5.74) is -4.44. The summed E-state index contributed by atoms with van der Waals surface area (Å²) < 4.78 is 85.9. The van der Waals surface area contributed by atoms with Gasteiger partial charge in [-0.15, -0.1) is 0 Å². The molecule has 1 aliphatic carbocycles. The number of alkyl halides is 6. The van der Waals surface area contributed by atoms with E-state index in [1.807, 2.05) is 0 Å². The molecule has 0 spiro atoms. The van der Waals surface area contributed by atoms with Gasteiger partial charge in [-0.05, 0) is 64.2 Å². The minimum atomic E-state index is -5.07. The van der Waals surface area contributed by atoms with Crippen molar-refractivity contribution in [1.29, 1.82) is 5.26 Å². The lowest BCUT2D eigenvalue weighted by Gasteiger charge is -2.37. The molecule has 1 N–H and O–H groups in total. The third kappa shape index (κ3) is 5.73. The van der Waals surface area contributed by atoms with Crippen molar-refractivity contribution in [3.05, 3.63) is 29.3 Å². The fourth-order valence-corrected chi connectivity index (χ4v) is 6.22. The number of halogens is 6. The highest BCUT2D eigenvalue weighted by Gasteiger charge is 2.56. The molecule has 42 heavy (non-hydrogen) atoms. The van der Waals surface area contributed by atoms with Gasteiger partial charge < -0.3 is 19.9 Å². The van der Waals surface area contributed by atoms with Crippen molar-refractivity contribution in [3.8, 4) is 6.07 Å². The molecule has 0 radical (unpaired) electrons. The summed E-state index contributed by atoms with van der Waals surface area (Å²) in [5, 5.41) is 12.1. The Labute approximate surface area is 237 Å². The van der Waals surface area contributed by atoms with Crippen molar-refractivity contribution >= 4 is 23.6 Å². The number of benzene rings is 1. The van der Waals surface area contributed by atoms with E-state index in [0.717, 1.165) is 11.3 Å². The number of nitrogens with zero attached hydrogens (tertiary/aromatic N) is 4. The number of rotatable bonds is 5. The number of anilines is 1. The van der Waals surface area contributed by atoms with E-state index in [1.165, 1.54) is 4.90 Å². The van der Waals surface area contributed by atoms with Crippen LogP contribution in [0.2, 0.25) is 0 Å². The molecule has 4 fully saturated rings. The monoisotopic (exact) mass is 601 g/mol. The lowest BCUT2D eigenvalue weighted by atomic mass is 10.1. The first-order chi connectivity index (χ1) is 19.4. The molecule has 3 amide bonds. The molecule has 228 valence electrons. The van der Waals surface area contributed by atoms with Crippen LogP contribution in [0.1, 0.15) is 51.2 Å². The van der Waals surface area contributed by atoms with Crippen LogP contribution < -0.4 is 10.2 Å². The predicted molar refractivity (Wildman–Crippen MR) is 134 cm³/mol. The van der Waals surface area contributed by atoms with E-state index in [4.69, 9.17) is 4.74 Å². The van der Waals surface area contributed by atoms with Gasteiger partial charge in [0.05, 0.1) is 29.3 Å². The highest BCUT2D eigenvalue weighted by Crippen LogP contribution is 2.48. The van der Waals surface area contributed by atoms with Crippen LogP contribution in [0.25, 0.3) is 0 Å². The van der Waals surface area contributed by atoms with E-state index in [2.05, 4.69) is 11.4 Å². The van der Waals surface area contributed by atoms with Crippen LogP contribution in [0, 0.1) is 17.2 Å². The number of carbonyl (C=O) groups excluding carboxylic acids is 3. The van der Waals surface area contributed by atoms with Crippen molar-refractivity contribution in [3.63, 3.8) is 0 Å². The number of amides is 3. The Morgan fingerprint density at radius 1 is 1.05 bits per heavy atom. The molecule has 15 heteroatoms. The third-order valence-corrected chi connectivity index (χ3v) is 8.03. The predicted octanol–water partition coefficient (Wildman–Crippen LogP) is 3.92. The van der Waals surface area contributed by atoms with Gasteiger partial charge in [0.25, 0.3) is 0 Å². The van der Waals surface area contributed by atoms with Crippen LogP contribution in [0.3, 0.4) is 0 Å². The molecule has 1 aromatic rings. The van der Waals surface area contributed by atoms with Crippen molar-refractivity contribution in [2.24, 2.45) is 5.92 Å². The fraction of sp³-hybridized carbons (Fsp3) is 0.630. The Morgan fingerprint density at radius 3 is 2.19 bits per heavy atom. The van der Waals surface area contributed by atoms with E-state index in [1.54, 1.807) is 25.7 Å². The van der Waals surface area contributed by atoms with Gasteiger partial charge in [0, 0.05) is 24.8 Å². The Hall–Kier alpha value is -3.54. The molecule has 6 atom stereocenters. The van der Waals surface area contributed by atoms with Crippen molar-refractivity contribution in [1.82, 2.24) is 15.1 Å². The van der Waals surface area contributed by atoms with Crippen LogP contribution in [0.4, 0.5) is 36.8 Å². The SMILES string of the molecule is CC(C)(C)OC(=O)N[C@@H](CN1C[C@H]2C[C@@H]1C(=O)N2c1cc(C(F)(F)F)cc(C(F)(F)F)c1)C(=O)N1[C@H](C#N)C[C@@H]2C[C@@H]21. The van der Waals surface area contributed by atoms with Crippen LogP contribution in [0.5, 0.6) is 0 Å². The van der Waals surface area contributed by atoms with Crippen molar-refractivity contribution in [2.75, 3.05) is 18.0 Å². The standard InChI is InChI=1S/C27H29F6N5O4/c1-25(2,3)42-24(41)35-19(22(39)38-17(10-34)4-13-5-20(13)38)12-36-11-18-9-21(36)23(40)37(18)16-7-14(26(28,29)30)6-15(8-16)27(31,32)33/h6-8,13,17-21H,4-5,9,11-12H2,1-3H3,(H,35,41)/t13-,17+,18-,19+,20+,21-/m1/s1. The number of ether oxygens (including phenoxy) is 1. The summed E-state index contributed by atoms with van der Waals surface area (Å²) in [4.78, 5) is 43.6. The summed E-state index contributed by atoms with van der Waals surface area (Å²) in [5.74, 6) is -1.02. The highest BCUT2D eigenvalue weighted by molar-refractivity contribution is 6.01. The first-order valence-corrected chi connectivity index (χ1v) is 13.5. The zero-order chi connectivity index (χ0) is 30.9. The number of hydrogen-bond donors (Lipinski definition) is 1. The molecule has 5 rings (SSSR count). The average molecular weight is 602 g/mol. The molecule has 2 bridgehead atoms. The van der Waals surface area contributed by atoms with Gasteiger partial charge in [-0.25, -0.2) is 4.79 Å². The molecule has 1 aromatic carbocycles. The molecule has 3 aliphatic heterocycles. The maximum absolute atomic E-state index is 13.6. The number of alkyl carbamates (subject to hydrolysis) is 1. The van der Waals surface area contributed by atoms with E-state index in [9.17, 15) is 46.0 Å². The topological polar surface area (TPSA) is 106 Å². The third-order valence-electron chi connectivity index (χ3n) is 8.03. The Kier molecular flexibility index (Phi) is 7.15. The molecule has 9 nitrogen and oxygen atoms in total. The van der Waals surface area contributed by atoms with E-state index < -0.39 is 76.8 Å². The zero-order valence-corrected chi connectivity index (χ0v) is 22.9. The minimum Gasteiger partial charge on any atom is -0.444 e. The molecule has 4 aliphatic rings. The Morgan fingerprint density at radius 2 is 1.67 bits per heavy atom. The van der Waals surface area contributed by atoms with Gasteiger partial charge in [-0.3, -0.25) is 14.5 Å². The smallest absolute Gasteiger partial charge is 0.416 e. The van der Waals surface area contributed by atoms with Crippen LogP contribution >= 0.6 is 0 Å². The summed E-state index contributed by atoms with van der Waals surface area (Å²) in [6.45, 7) is 4.78. The molecule has 0 aromatic heterocycles. The van der Waals surface area contributed by atoms with Gasteiger partial charge in [-0.2, -0.15) is 31.6 Å². The molecule has 3 heterocycles. The van der Waals surface area contributed by atoms with Crippen molar-refractivity contribution < 1.29 is 45.5 Å². The highest BCUT2D eigenvalue weighted by atomic mass is 19.4. The summed E-state index contributed by atoms with van der Waals surface area (Å²) in [7, 11) is 0. The molecular weight excluding hydrogens is 572 g/mol. The molecule has 1 saturated carbocycles. The number of hydrogen-bond acceptors (Lipinski definition) is 6. The van der Waals surface area contributed by atoms with Gasteiger partial charge in [0.1, 0.15) is 17.7 Å². The fourth-order valence-electron chi connectivity index (χ4n) is 6.22. The average Bonchev–Trinajstić information content (AvgIpc) is 3.18. The van der Waals surface area contributed by atoms with E-state index >= 15 is 0 Å². The molecule has 3 saturated heterocycles. The number of piperidine rings is 1. The molecular formula is C27H29F6N5O4. The van der Waals surface area contributed by atoms with Gasteiger partial charge in [-0.1, -0.05) is 0 Å². The normalized spacial score (nSPS) is 28.0. The first-order valence-electron chi connectivity index (χ1n) is 13.5. The van der Waals surface area contributed by atoms with E-state index in [0.29, 0.717) is 18.6 Å². The number of piperazine rings is 1. The number of carbonyl (C=O) groups is 3. The van der Waals surface area contributed by atoms with Crippen LogP contribution in [-0.4, -0.2) is 76.6 Å². The minimum absolute atomic E-state index is 0.00440.